The third-order valence-corrected chi connectivity index (χ3v) is 4.34. The van der Waals surface area contributed by atoms with Crippen LogP contribution in [0.3, 0.4) is 0 Å². The smallest absolute Gasteiger partial charge is 0.154 e. The molecule has 0 saturated heterocycles. The summed E-state index contributed by atoms with van der Waals surface area (Å²) in [6.45, 7) is 4.83. The Morgan fingerprint density at radius 1 is 1.09 bits per heavy atom. The molecule has 0 saturated carbocycles. The zero-order chi connectivity index (χ0) is 15.4. The van der Waals surface area contributed by atoms with E-state index in [1.165, 1.54) is 0 Å². The van der Waals surface area contributed by atoms with E-state index in [2.05, 4.69) is 17.0 Å². The molecule has 0 aliphatic carbocycles. The van der Waals surface area contributed by atoms with Gasteiger partial charge >= 0.3 is 0 Å². The van der Waals surface area contributed by atoms with Crippen molar-refractivity contribution in [1.82, 2.24) is 14.6 Å². The molecule has 0 N–H and O–H groups in total. The molecule has 0 amide bonds. The van der Waals surface area contributed by atoms with Gasteiger partial charge in [0.15, 0.2) is 5.65 Å². The molecule has 0 radical (unpaired) electrons. The maximum atomic E-state index is 5.47. The van der Waals surface area contributed by atoms with Crippen LogP contribution >= 0.6 is 11.8 Å². The predicted octanol–water partition coefficient (Wildman–Crippen LogP) is 4.30. The maximum absolute atomic E-state index is 5.47. The molecule has 0 atom stereocenters. The predicted molar refractivity (Wildman–Crippen MR) is 90.6 cm³/mol. The number of rotatable bonds is 6. The summed E-state index contributed by atoms with van der Waals surface area (Å²) in [7, 11) is 0. The highest BCUT2D eigenvalue weighted by Crippen LogP contribution is 2.23. The number of imidazole rings is 1. The zero-order valence-corrected chi connectivity index (χ0v) is 13.6. The van der Waals surface area contributed by atoms with Crippen LogP contribution in [0.2, 0.25) is 0 Å². The van der Waals surface area contributed by atoms with E-state index in [4.69, 9.17) is 4.74 Å². The summed E-state index contributed by atoms with van der Waals surface area (Å²) in [5.41, 5.74) is 2.86. The standard InChI is InChI=1S/C17H19N3OS/c1-3-11-22-17-10-9-16-18-15(12-20(16)19-17)13-5-7-14(8-6-13)21-4-2/h5-10,12H,3-4,11H2,1-2H3. The quantitative estimate of drug-likeness (QED) is 0.636. The number of hydrogen-bond acceptors (Lipinski definition) is 4. The average Bonchev–Trinajstić information content (AvgIpc) is 2.97. The zero-order valence-electron chi connectivity index (χ0n) is 12.8. The molecule has 0 aliphatic heterocycles. The number of thioether (sulfide) groups is 1. The summed E-state index contributed by atoms with van der Waals surface area (Å²) in [5.74, 6) is 1.96. The van der Waals surface area contributed by atoms with E-state index in [1.54, 1.807) is 11.8 Å². The fourth-order valence-corrected chi connectivity index (χ4v) is 2.90. The van der Waals surface area contributed by atoms with Crippen molar-refractivity contribution in [2.24, 2.45) is 0 Å². The lowest BCUT2D eigenvalue weighted by Crippen LogP contribution is -1.92. The minimum atomic E-state index is 0.676. The van der Waals surface area contributed by atoms with Crippen LogP contribution in [-0.4, -0.2) is 27.0 Å². The van der Waals surface area contributed by atoms with E-state index in [0.29, 0.717) is 6.61 Å². The molecule has 0 spiro atoms. The molecule has 3 aromatic rings. The minimum absolute atomic E-state index is 0.676. The Kier molecular flexibility index (Phi) is 4.63. The highest BCUT2D eigenvalue weighted by atomic mass is 32.2. The lowest BCUT2D eigenvalue weighted by molar-refractivity contribution is 0.340. The number of nitrogens with zero attached hydrogens (tertiary/aromatic N) is 3. The van der Waals surface area contributed by atoms with Crippen molar-refractivity contribution in [3.63, 3.8) is 0 Å². The van der Waals surface area contributed by atoms with Gasteiger partial charge in [-0.2, -0.15) is 5.10 Å². The van der Waals surface area contributed by atoms with Crippen molar-refractivity contribution < 1.29 is 4.74 Å². The van der Waals surface area contributed by atoms with E-state index >= 15 is 0 Å². The van der Waals surface area contributed by atoms with Gasteiger partial charge in [-0.3, -0.25) is 0 Å². The highest BCUT2D eigenvalue weighted by Gasteiger charge is 2.06. The first-order valence-electron chi connectivity index (χ1n) is 7.52. The van der Waals surface area contributed by atoms with Gasteiger partial charge in [-0.05, 0) is 55.5 Å². The van der Waals surface area contributed by atoms with Crippen LogP contribution in [-0.2, 0) is 0 Å². The lowest BCUT2D eigenvalue weighted by atomic mass is 10.2. The largest absolute Gasteiger partial charge is 0.494 e. The Bertz CT molecular complexity index is 752. The highest BCUT2D eigenvalue weighted by molar-refractivity contribution is 7.99. The summed E-state index contributed by atoms with van der Waals surface area (Å²) in [6.07, 6.45) is 3.12. The number of fused-ring (bicyclic) bond motifs is 1. The lowest BCUT2D eigenvalue weighted by Gasteiger charge is -2.02. The third-order valence-electron chi connectivity index (χ3n) is 3.21. The first-order chi connectivity index (χ1) is 10.8. The molecule has 4 nitrogen and oxygen atoms in total. The summed E-state index contributed by atoms with van der Waals surface area (Å²) in [6, 6.07) is 12.0. The van der Waals surface area contributed by atoms with Crippen LogP contribution < -0.4 is 4.74 Å². The average molecular weight is 313 g/mol. The van der Waals surface area contributed by atoms with Gasteiger partial charge < -0.3 is 4.74 Å². The number of ether oxygens (including phenoxy) is 1. The number of aromatic nitrogens is 3. The van der Waals surface area contributed by atoms with Crippen LogP contribution in [0.5, 0.6) is 5.75 Å². The SMILES string of the molecule is CCCSc1ccc2nc(-c3ccc(OCC)cc3)cn2n1. The molecular weight excluding hydrogens is 294 g/mol. The second-order valence-corrected chi connectivity index (χ2v) is 6.02. The van der Waals surface area contributed by atoms with Crippen LogP contribution in [0.4, 0.5) is 0 Å². The van der Waals surface area contributed by atoms with E-state index in [0.717, 1.165) is 39.9 Å². The van der Waals surface area contributed by atoms with Gasteiger partial charge in [-0.25, -0.2) is 9.50 Å². The number of hydrogen-bond donors (Lipinski definition) is 0. The van der Waals surface area contributed by atoms with E-state index < -0.39 is 0 Å². The summed E-state index contributed by atoms with van der Waals surface area (Å²) >= 11 is 1.77. The van der Waals surface area contributed by atoms with Crippen molar-refractivity contribution in [3.05, 3.63) is 42.6 Å². The van der Waals surface area contributed by atoms with Crippen molar-refractivity contribution in [1.29, 1.82) is 0 Å². The maximum Gasteiger partial charge on any atom is 0.154 e. The molecule has 114 valence electrons. The number of benzene rings is 1. The van der Waals surface area contributed by atoms with Gasteiger partial charge in [-0.15, -0.1) is 11.8 Å². The van der Waals surface area contributed by atoms with Gasteiger partial charge in [0.2, 0.25) is 0 Å². The van der Waals surface area contributed by atoms with Crippen LogP contribution in [0, 0.1) is 0 Å². The van der Waals surface area contributed by atoms with E-state index in [-0.39, 0.29) is 0 Å². The Morgan fingerprint density at radius 2 is 1.91 bits per heavy atom. The Hall–Kier alpha value is -2.01. The molecule has 0 fully saturated rings. The fraction of sp³-hybridized carbons (Fsp3) is 0.294. The molecule has 2 aromatic heterocycles. The van der Waals surface area contributed by atoms with Crippen LogP contribution in [0.25, 0.3) is 16.9 Å². The third kappa shape index (κ3) is 3.25. The van der Waals surface area contributed by atoms with Gasteiger partial charge in [0.05, 0.1) is 18.5 Å². The van der Waals surface area contributed by atoms with Crippen molar-refractivity contribution in [2.45, 2.75) is 25.3 Å². The van der Waals surface area contributed by atoms with Gasteiger partial charge in [0.1, 0.15) is 10.8 Å². The van der Waals surface area contributed by atoms with E-state index in [1.807, 2.05) is 54.0 Å². The summed E-state index contributed by atoms with van der Waals surface area (Å²) < 4.78 is 7.32. The topological polar surface area (TPSA) is 39.4 Å². The molecule has 22 heavy (non-hydrogen) atoms. The fourth-order valence-electron chi connectivity index (χ4n) is 2.18. The Morgan fingerprint density at radius 3 is 2.64 bits per heavy atom. The second kappa shape index (κ2) is 6.83. The van der Waals surface area contributed by atoms with Gasteiger partial charge in [-0.1, -0.05) is 6.92 Å². The second-order valence-electron chi connectivity index (χ2n) is 4.91. The van der Waals surface area contributed by atoms with Crippen LogP contribution in [0.1, 0.15) is 20.3 Å². The van der Waals surface area contributed by atoms with Crippen molar-refractivity contribution in [2.75, 3.05) is 12.4 Å². The molecule has 1 aromatic carbocycles. The van der Waals surface area contributed by atoms with E-state index in [9.17, 15) is 0 Å². The summed E-state index contributed by atoms with van der Waals surface area (Å²) in [5, 5.41) is 5.63. The molecule has 0 unspecified atom stereocenters. The van der Waals surface area contributed by atoms with Gasteiger partial charge in [0, 0.05) is 5.56 Å². The monoisotopic (exact) mass is 313 g/mol. The molecule has 0 bridgehead atoms. The van der Waals surface area contributed by atoms with Crippen molar-refractivity contribution >= 4 is 17.4 Å². The molecule has 3 rings (SSSR count). The normalized spacial score (nSPS) is 11.0. The van der Waals surface area contributed by atoms with Crippen LogP contribution in [0.15, 0.2) is 47.6 Å². The molecule has 5 heteroatoms. The molecule has 0 aliphatic rings. The Balaban J connectivity index is 1.87. The summed E-state index contributed by atoms with van der Waals surface area (Å²) in [4.78, 5) is 4.63. The minimum Gasteiger partial charge on any atom is -0.494 e. The molecule has 2 heterocycles. The van der Waals surface area contributed by atoms with Crippen molar-refractivity contribution in [3.8, 4) is 17.0 Å². The first-order valence-corrected chi connectivity index (χ1v) is 8.51. The van der Waals surface area contributed by atoms with Gasteiger partial charge in [0.25, 0.3) is 0 Å². The first kappa shape index (κ1) is 14.9. The molecular formula is C17H19N3OS. The Labute approximate surface area is 134 Å².